The highest BCUT2D eigenvalue weighted by Crippen LogP contribution is 2.25. The van der Waals surface area contributed by atoms with Crippen LogP contribution in [0.25, 0.3) is 0 Å². The summed E-state index contributed by atoms with van der Waals surface area (Å²) in [6, 6.07) is 14.8. The molecule has 0 bridgehead atoms. The standard InChI is InChI=1S/C22H27FN2O3S/c1-2-17(18-7-4-3-5-8-18)15-24-22(26)19-9-6-14-25(16-19)29(27,28)21-12-10-20(23)11-13-21/h3-5,7-8,10-13,17,19H,2,6,9,14-16H2,1H3,(H,24,26). The Balaban J connectivity index is 1.62. The molecular formula is C22H27FN2O3S. The van der Waals surface area contributed by atoms with E-state index in [0.29, 0.717) is 25.9 Å². The third kappa shape index (κ3) is 5.22. The summed E-state index contributed by atoms with van der Waals surface area (Å²) < 4.78 is 40.1. The van der Waals surface area contributed by atoms with Gasteiger partial charge in [0.05, 0.1) is 10.8 Å². The Morgan fingerprint density at radius 2 is 1.86 bits per heavy atom. The molecule has 0 aromatic heterocycles. The highest BCUT2D eigenvalue weighted by Gasteiger charge is 2.33. The number of rotatable bonds is 7. The smallest absolute Gasteiger partial charge is 0.243 e. The Labute approximate surface area is 172 Å². The Morgan fingerprint density at radius 1 is 1.17 bits per heavy atom. The van der Waals surface area contributed by atoms with Gasteiger partial charge in [-0.1, -0.05) is 37.3 Å². The molecule has 2 unspecified atom stereocenters. The molecule has 1 aliphatic heterocycles. The first kappa shape index (κ1) is 21.5. The lowest BCUT2D eigenvalue weighted by Crippen LogP contribution is -2.46. The minimum absolute atomic E-state index is 0.0510. The van der Waals surface area contributed by atoms with Crippen LogP contribution in [0, 0.1) is 11.7 Å². The molecular weight excluding hydrogens is 391 g/mol. The number of nitrogens with zero attached hydrogens (tertiary/aromatic N) is 1. The first-order chi connectivity index (χ1) is 13.9. The summed E-state index contributed by atoms with van der Waals surface area (Å²) in [6.07, 6.45) is 2.18. The second-order valence-corrected chi connectivity index (χ2v) is 9.36. The monoisotopic (exact) mass is 418 g/mol. The summed E-state index contributed by atoms with van der Waals surface area (Å²) in [4.78, 5) is 12.8. The number of nitrogens with one attached hydrogen (secondary N) is 1. The quantitative estimate of drug-likeness (QED) is 0.748. The minimum atomic E-state index is -3.74. The molecule has 1 heterocycles. The van der Waals surface area contributed by atoms with Gasteiger partial charge in [-0.3, -0.25) is 4.79 Å². The zero-order valence-corrected chi connectivity index (χ0v) is 17.4. The first-order valence-electron chi connectivity index (χ1n) is 10.00. The van der Waals surface area contributed by atoms with Crippen LogP contribution in [-0.4, -0.2) is 38.3 Å². The molecule has 7 heteroatoms. The van der Waals surface area contributed by atoms with Crippen LogP contribution in [0.2, 0.25) is 0 Å². The van der Waals surface area contributed by atoms with Crippen LogP contribution >= 0.6 is 0 Å². The number of sulfonamides is 1. The Morgan fingerprint density at radius 3 is 2.52 bits per heavy atom. The summed E-state index contributed by atoms with van der Waals surface area (Å²) >= 11 is 0. The Kier molecular flexibility index (Phi) is 7.03. The highest BCUT2D eigenvalue weighted by atomic mass is 32.2. The summed E-state index contributed by atoms with van der Waals surface area (Å²) in [6.45, 7) is 3.13. The zero-order valence-electron chi connectivity index (χ0n) is 16.6. The van der Waals surface area contributed by atoms with Crippen molar-refractivity contribution in [2.75, 3.05) is 19.6 Å². The van der Waals surface area contributed by atoms with Gasteiger partial charge in [0.15, 0.2) is 0 Å². The van der Waals surface area contributed by atoms with Gasteiger partial charge in [-0.15, -0.1) is 0 Å². The van der Waals surface area contributed by atoms with E-state index < -0.39 is 15.8 Å². The van der Waals surface area contributed by atoms with E-state index in [0.717, 1.165) is 18.6 Å². The number of halogens is 1. The average molecular weight is 419 g/mol. The van der Waals surface area contributed by atoms with Crippen LogP contribution in [0.5, 0.6) is 0 Å². The number of carbonyl (C=O) groups excluding carboxylic acids is 1. The molecule has 1 amide bonds. The van der Waals surface area contributed by atoms with Gasteiger partial charge in [0.1, 0.15) is 5.82 Å². The van der Waals surface area contributed by atoms with Gasteiger partial charge in [0.25, 0.3) is 0 Å². The Hall–Kier alpha value is -2.25. The van der Waals surface area contributed by atoms with Crippen LogP contribution in [0.1, 0.15) is 37.7 Å². The number of amides is 1. The third-order valence-corrected chi connectivity index (χ3v) is 7.37. The molecule has 3 rings (SSSR count). The van der Waals surface area contributed by atoms with Gasteiger partial charge in [0.2, 0.25) is 15.9 Å². The zero-order chi connectivity index (χ0) is 20.9. The van der Waals surface area contributed by atoms with E-state index in [1.807, 2.05) is 18.2 Å². The first-order valence-corrected chi connectivity index (χ1v) is 11.4. The van der Waals surface area contributed by atoms with Gasteiger partial charge in [0, 0.05) is 25.6 Å². The predicted octanol–water partition coefficient (Wildman–Crippen LogP) is 3.54. The fourth-order valence-corrected chi connectivity index (χ4v) is 5.25. The van der Waals surface area contributed by atoms with Crippen molar-refractivity contribution in [1.29, 1.82) is 0 Å². The normalized spacial score (nSPS) is 18.9. The molecule has 2 aromatic carbocycles. The number of hydrogen-bond donors (Lipinski definition) is 1. The summed E-state index contributed by atoms with van der Waals surface area (Å²) in [7, 11) is -3.74. The van der Waals surface area contributed by atoms with Crippen molar-refractivity contribution in [3.8, 4) is 0 Å². The van der Waals surface area contributed by atoms with Gasteiger partial charge in [-0.05, 0) is 49.1 Å². The average Bonchev–Trinajstić information content (AvgIpc) is 2.75. The van der Waals surface area contributed by atoms with Crippen LogP contribution in [-0.2, 0) is 14.8 Å². The summed E-state index contributed by atoms with van der Waals surface area (Å²) in [5.41, 5.74) is 1.18. The molecule has 156 valence electrons. The number of hydrogen-bond acceptors (Lipinski definition) is 3. The summed E-state index contributed by atoms with van der Waals surface area (Å²) in [5, 5.41) is 3.01. The molecule has 0 radical (unpaired) electrons. The fourth-order valence-electron chi connectivity index (χ4n) is 3.72. The predicted molar refractivity (Wildman–Crippen MR) is 110 cm³/mol. The lowest BCUT2D eigenvalue weighted by molar-refractivity contribution is -0.126. The van der Waals surface area contributed by atoms with Crippen molar-refractivity contribution in [2.45, 2.75) is 37.0 Å². The van der Waals surface area contributed by atoms with E-state index in [2.05, 4.69) is 24.4 Å². The molecule has 1 saturated heterocycles. The molecule has 2 aromatic rings. The van der Waals surface area contributed by atoms with Gasteiger partial charge in [-0.25, -0.2) is 12.8 Å². The van der Waals surface area contributed by atoms with E-state index in [1.165, 1.54) is 22.0 Å². The molecule has 0 spiro atoms. The molecule has 1 N–H and O–H groups in total. The molecule has 0 saturated carbocycles. The third-order valence-electron chi connectivity index (χ3n) is 5.49. The summed E-state index contributed by atoms with van der Waals surface area (Å²) in [5.74, 6) is -0.753. The van der Waals surface area contributed by atoms with Crippen LogP contribution in [0.3, 0.4) is 0 Å². The molecule has 1 fully saturated rings. The van der Waals surface area contributed by atoms with Crippen molar-refractivity contribution >= 4 is 15.9 Å². The van der Waals surface area contributed by atoms with Crippen molar-refractivity contribution in [1.82, 2.24) is 9.62 Å². The van der Waals surface area contributed by atoms with Crippen molar-refractivity contribution < 1.29 is 17.6 Å². The molecule has 5 nitrogen and oxygen atoms in total. The highest BCUT2D eigenvalue weighted by molar-refractivity contribution is 7.89. The van der Waals surface area contributed by atoms with Crippen LogP contribution in [0.15, 0.2) is 59.5 Å². The van der Waals surface area contributed by atoms with E-state index in [9.17, 15) is 17.6 Å². The van der Waals surface area contributed by atoms with E-state index >= 15 is 0 Å². The fraction of sp³-hybridized carbons (Fsp3) is 0.409. The molecule has 2 atom stereocenters. The second-order valence-electron chi connectivity index (χ2n) is 7.42. The number of carbonyl (C=O) groups is 1. The van der Waals surface area contributed by atoms with E-state index in [4.69, 9.17) is 0 Å². The maximum absolute atomic E-state index is 13.1. The SMILES string of the molecule is CCC(CNC(=O)C1CCCN(S(=O)(=O)c2ccc(F)cc2)C1)c1ccccc1. The van der Waals surface area contributed by atoms with Crippen LogP contribution < -0.4 is 5.32 Å². The number of piperidine rings is 1. The minimum Gasteiger partial charge on any atom is -0.355 e. The Bertz CT molecular complexity index is 917. The molecule has 29 heavy (non-hydrogen) atoms. The van der Waals surface area contributed by atoms with Crippen molar-refractivity contribution in [2.24, 2.45) is 5.92 Å². The van der Waals surface area contributed by atoms with E-state index in [-0.39, 0.29) is 29.2 Å². The maximum atomic E-state index is 13.1. The largest absolute Gasteiger partial charge is 0.355 e. The van der Waals surface area contributed by atoms with Crippen molar-refractivity contribution in [3.05, 3.63) is 66.0 Å². The topological polar surface area (TPSA) is 66.5 Å². The van der Waals surface area contributed by atoms with Gasteiger partial charge < -0.3 is 5.32 Å². The lowest BCUT2D eigenvalue weighted by Gasteiger charge is -2.31. The second kappa shape index (κ2) is 9.50. The maximum Gasteiger partial charge on any atom is 0.243 e. The number of benzene rings is 2. The van der Waals surface area contributed by atoms with Gasteiger partial charge in [-0.2, -0.15) is 4.31 Å². The van der Waals surface area contributed by atoms with Crippen LogP contribution in [0.4, 0.5) is 4.39 Å². The molecule has 0 aliphatic carbocycles. The lowest BCUT2D eigenvalue weighted by atomic mass is 9.95. The molecule has 1 aliphatic rings. The van der Waals surface area contributed by atoms with E-state index in [1.54, 1.807) is 0 Å². The van der Waals surface area contributed by atoms with Crippen molar-refractivity contribution in [3.63, 3.8) is 0 Å². The van der Waals surface area contributed by atoms with Gasteiger partial charge >= 0.3 is 0 Å².